The summed E-state index contributed by atoms with van der Waals surface area (Å²) in [7, 11) is 1.62. The van der Waals surface area contributed by atoms with Crippen LogP contribution in [0.2, 0.25) is 0 Å². The summed E-state index contributed by atoms with van der Waals surface area (Å²) in [5.41, 5.74) is -2.14. The van der Waals surface area contributed by atoms with Gasteiger partial charge in [0, 0.05) is 29.0 Å². The first-order valence-corrected chi connectivity index (χ1v) is 13.6. The fraction of sp³-hybridized carbons (Fsp3) is 0.600. The number of hydrogen-bond acceptors (Lipinski definition) is 6. The Morgan fingerprint density at radius 1 is 1.29 bits per heavy atom. The van der Waals surface area contributed by atoms with Gasteiger partial charge in [-0.05, 0) is 67.7 Å². The van der Waals surface area contributed by atoms with Crippen molar-refractivity contribution in [3.8, 4) is 11.4 Å². The minimum atomic E-state index is -1.93. The van der Waals surface area contributed by atoms with E-state index in [1.54, 1.807) is 18.7 Å². The number of ketones is 1. The normalized spacial score (nSPS) is 41.4. The van der Waals surface area contributed by atoms with Crippen LogP contribution in [0.1, 0.15) is 57.7 Å². The van der Waals surface area contributed by atoms with E-state index in [1.807, 2.05) is 50.4 Å². The molecule has 0 spiro atoms. The molecule has 3 fully saturated rings. The average Bonchev–Trinajstić information content (AvgIpc) is 3.39. The summed E-state index contributed by atoms with van der Waals surface area (Å²) < 4.78 is 24.9. The number of fused-ring (bicyclic) bond motifs is 6. The van der Waals surface area contributed by atoms with Gasteiger partial charge in [-0.1, -0.05) is 32.4 Å². The maximum atomic E-state index is 17.8. The Labute approximate surface area is 222 Å². The number of nitrogens with zero attached hydrogens (tertiary/aromatic N) is 2. The third-order valence-corrected chi connectivity index (χ3v) is 11.0. The lowest BCUT2D eigenvalue weighted by molar-refractivity contribution is -0.226. The minimum absolute atomic E-state index is 0.0317. The van der Waals surface area contributed by atoms with Gasteiger partial charge in [-0.15, -0.1) is 0 Å². The lowest BCUT2D eigenvalue weighted by Gasteiger charge is -2.63. The van der Waals surface area contributed by atoms with Crippen molar-refractivity contribution in [2.75, 3.05) is 13.7 Å². The molecule has 38 heavy (non-hydrogen) atoms. The molecule has 3 saturated carbocycles. The number of ether oxygens (including phenoxy) is 1. The molecule has 0 radical (unpaired) electrons. The number of methoxy groups -OCH3 is 1. The van der Waals surface area contributed by atoms with Crippen LogP contribution in [0.15, 0.2) is 36.0 Å². The summed E-state index contributed by atoms with van der Waals surface area (Å²) in [6.07, 6.45) is 4.62. The van der Waals surface area contributed by atoms with Gasteiger partial charge in [-0.25, -0.2) is 9.07 Å². The number of Topliss-reactive ketones (excluding diaryl/α,β-unsaturated/α-hetero) is 1. The van der Waals surface area contributed by atoms with Crippen LogP contribution in [0.25, 0.3) is 11.8 Å². The largest absolute Gasteiger partial charge is 0.497 e. The van der Waals surface area contributed by atoms with Crippen molar-refractivity contribution in [2.24, 2.45) is 28.6 Å². The van der Waals surface area contributed by atoms with Crippen LogP contribution in [0.5, 0.6) is 5.75 Å². The first-order chi connectivity index (χ1) is 17.9. The van der Waals surface area contributed by atoms with Crippen molar-refractivity contribution in [3.63, 3.8) is 0 Å². The molecule has 6 rings (SSSR count). The van der Waals surface area contributed by atoms with E-state index < -0.39 is 52.4 Å². The van der Waals surface area contributed by atoms with Gasteiger partial charge in [0.25, 0.3) is 0 Å². The van der Waals surface area contributed by atoms with Crippen molar-refractivity contribution >= 4 is 11.9 Å². The first kappa shape index (κ1) is 25.7. The van der Waals surface area contributed by atoms with E-state index in [0.29, 0.717) is 25.7 Å². The number of halogens is 1. The Bertz CT molecular complexity index is 1340. The van der Waals surface area contributed by atoms with Crippen molar-refractivity contribution in [1.82, 2.24) is 9.78 Å². The Morgan fingerprint density at radius 3 is 2.76 bits per heavy atom. The third kappa shape index (κ3) is 2.99. The van der Waals surface area contributed by atoms with Crippen LogP contribution >= 0.6 is 0 Å². The summed E-state index contributed by atoms with van der Waals surface area (Å²) in [4.78, 5) is 12.8. The average molecular weight is 525 g/mol. The molecule has 0 bridgehead atoms. The predicted molar refractivity (Wildman–Crippen MR) is 140 cm³/mol. The van der Waals surface area contributed by atoms with E-state index >= 15 is 4.39 Å². The molecule has 0 amide bonds. The van der Waals surface area contributed by atoms with E-state index in [-0.39, 0.29) is 12.3 Å². The molecule has 0 aliphatic heterocycles. The number of alkyl halides is 1. The van der Waals surface area contributed by atoms with Gasteiger partial charge < -0.3 is 20.1 Å². The fourth-order valence-electron chi connectivity index (χ4n) is 8.99. The van der Waals surface area contributed by atoms with Crippen molar-refractivity contribution in [1.29, 1.82) is 0 Å². The molecule has 204 valence electrons. The molecule has 8 atom stereocenters. The number of aliphatic hydroxyl groups is 3. The molecule has 0 unspecified atom stereocenters. The van der Waals surface area contributed by atoms with Crippen LogP contribution in [-0.4, -0.2) is 62.0 Å². The Kier molecular flexibility index (Phi) is 5.57. The molecule has 1 heterocycles. The number of aromatic nitrogens is 2. The zero-order valence-corrected chi connectivity index (χ0v) is 22.4. The quantitative estimate of drug-likeness (QED) is 0.564. The standard InChI is InChI=1S/C30H37FN2O5/c1-17-10-23-22-9-8-19-11-24-18(15-33(32-24)20-6-5-7-21(12-20)38-4)13-27(19,2)29(22,31)25(35)14-28(23,3)30(17,37)26(36)16-34/h5-7,11-12,15,17,22-23,25,34-35,37H,8-10,13-14,16H2,1-4H3/t17-,22+,23+,25+,27+,28+,29+,30+/m1/s1. The molecule has 1 aromatic heterocycles. The zero-order chi connectivity index (χ0) is 27.3. The van der Waals surface area contributed by atoms with Gasteiger partial charge in [0.05, 0.1) is 24.6 Å². The van der Waals surface area contributed by atoms with Crippen molar-refractivity contribution in [2.45, 2.75) is 70.2 Å². The highest BCUT2D eigenvalue weighted by Crippen LogP contribution is 2.71. The maximum Gasteiger partial charge on any atom is 0.190 e. The summed E-state index contributed by atoms with van der Waals surface area (Å²) >= 11 is 0. The Balaban J connectivity index is 1.40. The van der Waals surface area contributed by atoms with E-state index in [0.717, 1.165) is 28.3 Å². The summed E-state index contributed by atoms with van der Waals surface area (Å²) in [5.74, 6) is -1.15. The van der Waals surface area contributed by atoms with Crippen molar-refractivity contribution in [3.05, 3.63) is 47.3 Å². The number of aliphatic hydroxyl groups excluding tert-OH is 2. The van der Waals surface area contributed by atoms with Crippen LogP contribution < -0.4 is 4.74 Å². The molecule has 4 aliphatic carbocycles. The summed E-state index contributed by atoms with van der Waals surface area (Å²) in [5, 5.41) is 37.8. The SMILES string of the molecule is COc1cccc(-n2cc3c(n2)C=C2CC[C@H]4[C@@H]5C[C@@H](C)[C@](O)(C(=O)CO)[C@@]5(C)C[C@H](O)[C@]4(F)[C@@]2(C)C3)c1. The minimum Gasteiger partial charge on any atom is -0.497 e. The first-order valence-electron chi connectivity index (χ1n) is 13.6. The molecular formula is C30H37FN2O5. The van der Waals surface area contributed by atoms with Crippen LogP contribution in [-0.2, 0) is 11.2 Å². The van der Waals surface area contributed by atoms with Crippen LogP contribution in [0.3, 0.4) is 0 Å². The van der Waals surface area contributed by atoms with Gasteiger partial charge in [-0.3, -0.25) is 4.79 Å². The van der Waals surface area contributed by atoms with Gasteiger partial charge in [0.2, 0.25) is 0 Å². The second kappa shape index (κ2) is 8.23. The second-order valence-corrected chi connectivity index (χ2v) is 12.5. The predicted octanol–water partition coefficient (Wildman–Crippen LogP) is 3.66. The lowest BCUT2D eigenvalue weighted by atomic mass is 9.43. The van der Waals surface area contributed by atoms with Gasteiger partial charge in [0.1, 0.15) is 23.6 Å². The van der Waals surface area contributed by atoms with Crippen LogP contribution in [0, 0.1) is 28.6 Å². The third-order valence-electron chi connectivity index (χ3n) is 11.0. The van der Waals surface area contributed by atoms with Gasteiger partial charge >= 0.3 is 0 Å². The number of rotatable bonds is 4. The topological polar surface area (TPSA) is 105 Å². The zero-order valence-electron chi connectivity index (χ0n) is 22.4. The molecule has 8 heteroatoms. The fourth-order valence-corrected chi connectivity index (χ4v) is 8.99. The molecule has 2 aromatic rings. The monoisotopic (exact) mass is 524 g/mol. The number of carbonyl (C=O) groups excluding carboxylic acids is 1. The highest BCUT2D eigenvalue weighted by molar-refractivity contribution is 5.90. The van der Waals surface area contributed by atoms with E-state index in [1.165, 1.54) is 0 Å². The number of carbonyl (C=O) groups is 1. The van der Waals surface area contributed by atoms with E-state index in [9.17, 15) is 20.1 Å². The van der Waals surface area contributed by atoms with Crippen LogP contribution in [0.4, 0.5) is 4.39 Å². The Morgan fingerprint density at radius 2 is 2.05 bits per heavy atom. The Hall–Kier alpha value is -2.55. The number of hydrogen-bond donors (Lipinski definition) is 3. The number of benzene rings is 1. The van der Waals surface area contributed by atoms with Crippen molar-refractivity contribution < 1.29 is 29.2 Å². The number of allylic oxidation sites excluding steroid dienone is 1. The van der Waals surface area contributed by atoms with Gasteiger partial charge in [0.15, 0.2) is 5.78 Å². The van der Waals surface area contributed by atoms with E-state index in [2.05, 4.69) is 0 Å². The maximum absolute atomic E-state index is 17.8. The molecule has 1 aromatic carbocycles. The lowest BCUT2D eigenvalue weighted by Crippen LogP contribution is -2.70. The highest BCUT2D eigenvalue weighted by Gasteiger charge is 2.75. The summed E-state index contributed by atoms with van der Waals surface area (Å²) in [6, 6.07) is 7.61. The summed E-state index contributed by atoms with van der Waals surface area (Å²) in [6.45, 7) is 4.77. The van der Waals surface area contributed by atoms with E-state index in [4.69, 9.17) is 9.84 Å². The smallest absolute Gasteiger partial charge is 0.190 e. The molecule has 7 nitrogen and oxygen atoms in total. The molecule has 0 saturated heterocycles. The molecule has 4 aliphatic rings. The second-order valence-electron chi connectivity index (χ2n) is 12.5. The molecule has 3 N–H and O–H groups in total. The molecular weight excluding hydrogens is 487 g/mol. The van der Waals surface area contributed by atoms with Gasteiger partial charge in [-0.2, -0.15) is 5.10 Å². The highest BCUT2D eigenvalue weighted by atomic mass is 19.1.